The van der Waals surface area contributed by atoms with Crippen LogP contribution in [0, 0.1) is 0 Å². The van der Waals surface area contributed by atoms with Gasteiger partial charge in [-0.15, -0.1) is 0 Å². The molecule has 1 aromatic heterocycles. The van der Waals surface area contributed by atoms with Gasteiger partial charge in [0.25, 0.3) is 0 Å². The van der Waals surface area contributed by atoms with Crippen molar-refractivity contribution in [3.05, 3.63) is 12.3 Å². The van der Waals surface area contributed by atoms with Crippen LogP contribution in [0.25, 0.3) is 0 Å². The van der Waals surface area contributed by atoms with E-state index >= 15 is 0 Å². The Morgan fingerprint density at radius 1 is 1.62 bits per heavy atom. The second-order valence-corrected chi connectivity index (χ2v) is 4.72. The number of carbonyl (C=O) groups is 1. The van der Waals surface area contributed by atoms with Gasteiger partial charge in [0.2, 0.25) is 5.91 Å². The van der Waals surface area contributed by atoms with Crippen molar-refractivity contribution in [1.29, 1.82) is 0 Å². The molecule has 5 heteroatoms. The number of rotatable bonds is 3. The van der Waals surface area contributed by atoms with Crippen molar-refractivity contribution in [3.63, 3.8) is 0 Å². The summed E-state index contributed by atoms with van der Waals surface area (Å²) in [7, 11) is 0. The molecule has 0 aromatic carbocycles. The number of carbonyl (C=O) groups excluding carboxylic acids is 1. The SMILES string of the molecule is CC(C)n1nccc1NC(=O)C1(N)CCC1. The summed E-state index contributed by atoms with van der Waals surface area (Å²) in [5.74, 6) is 0.623. The summed E-state index contributed by atoms with van der Waals surface area (Å²) in [6.07, 6.45) is 4.26. The average molecular weight is 222 g/mol. The van der Waals surface area contributed by atoms with E-state index in [0.29, 0.717) is 0 Å². The molecule has 0 atom stereocenters. The Bertz CT molecular complexity index is 392. The highest BCUT2D eigenvalue weighted by molar-refractivity contribution is 5.98. The third-order valence-corrected chi connectivity index (χ3v) is 3.10. The van der Waals surface area contributed by atoms with E-state index in [4.69, 9.17) is 5.73 Å². The van der Waals surface area contributed by atoms with Gasteiger partial charge in [0, 0.05) is 12.1 Å². The molecule has 0 bridgehead atoms. The summed E-state index contributed by atoms with van der Waals surface area (Å²) in [5.41, 5.74) is 5.29. The molecule has 1 amide bonds. The molecular weight excluding hydrogens is 204 g/mol. The van der Waals surface area contributed by atoms with Crippen molar-refractivity contribution in [3.8, 4) is 0 Å². The lowest BCUT2D eigenvalue weighted by molar-refractivity contribution is -0.123. The minimum atomic E-state index is -0.661. The van der Waals surface area contributed by atoms with Crippen LogP contribution in [0.1, 0.15) is 39.2 Å². The number of nitrogens with two attached hydrogens (primary N) is 1. The topological polar surface area (TPSA) is 72.9 Å². The number of hydrogen-bond acceptors (Lipinski definition) is 3. The highest BCUT2D eigenvalue weighted by atomic mass is 16.2. The Balaban J connectivity index is 2.09. The van der Waals surface area contributed by atoms with Crippen LogP contribution in [0.5, 0.6) is 0 Å². The first-order valence-corrected chi connectivity index (χ1v) is 5.67. The first kappa shape index (κ1) is 11.1. The Morgan fingerprint density at radius 2 is 2.31 bits per heavy atom. The van der Waals surface area contributed by atoms with Crippen molar-refractivity contribution in [2.75, 3.05) is 5.32 Å². The van der Waals surface area contributed by atoms with E-state index in [1.54, 1.807) is 16.9 Å². The van der Waals surface area contributed by atoms with E-state index in [1.807, 2.05) is 13.8 Å². The van der Waals surface area contributed by atoms with E-state index in [2.05, 4.69) is 10.4 Å². The molecule has 1 heterocycles. The second-order valence-electron chi connectivity index (χ2n) is 4.72. The normalized spacial score (nSPS) is 18.2. The molecule has 2 rings (SSSR count). The van der Waals surface area contributed by atoms with Crippen LogP contribution < -0.4 is 11.1 Å². The molecule has 16 heavy (non-hydrogen) atoms. The molecule has 1 fully saturated rings. The molecule has 0 spiro atoms. The zero-order chi connectivity index (χ0) is 11.8. The molecule has 1 saturated carbocycles. The van der Waals surface area contributed by atoms with Crippen molar-refractivity contribution >= 4 is 11.7 Å². The molecule has 0 aliphatic heterocycles. The Labute approximate surface area is 95.0 Å². The number of aromatic nitrogens is 2. The van der Waals surface area contributed by atoms with Crippen molar-refractivity contribution in [2.45, 2.75) is 44.7 Å². The van der Waals surface area contributed by atoms with E-state index < -0.39 is 5.54 Å². The van der Waals surface area contributed by atoms with Gasteiger partial charge in [0.1, 0.15) is 5.82 Å². The van der Waals surface area contributed by atoms with Gasteiger partial charge >= 0.3 is 0 Å². The van der Waals surface area contributed by atoms with Crippen LogP contribution in [0.2, 0.25) is 0 Å². The zero-order valence-corrected chi connectivity index (χ0v) is 9.73. The fourth-order valence-corrected chi connectivity index (χ4v) is 1.85. The largest absolute Gasteiger partial charge is 0.317 e. The fraction of sp³-hybridized carbons (Fsp3) is 0.636. The molecule has 0 unspecified atom stereocenters. The minimum absolute atomic E-state index is 0.0962. The lowest BCUT2D eigenvalue weighted by Crippen LogP contribution is -2.56. The molecule has 0 radical (unpaired) electrons. The number of anilines is 1. The maximum Gasteiger partial charge on any atom is 0.245 e. The number of hydrogen-bond donors (Lipinski definition) is 2. The summed E-state index contributed by atoms with van der Waals surface area (Å²) in [6.45, 7) is 4.04. The predicted molar refractivity (Wildman–Crippen MR) is 62.0 cm³/mol. The molecule has 1 aliphatic carbocycles. The minimum Gasteiger partial charge on any atom is -0.317 e. The Morgan fingerprint density at radius 3 is 2.81 bits per heavy atom. The predicted octanol–water partition coefficient (Wildman–Crippen LogP) is 1.28. The summed E-state index contributed by atoms with van der Waals surface area (Å²) in [6, 6.07) is 2.01. The lowest BCUT2D eigenvalue weighted by atomic mass is 9.77. The quantitative estimate of drug-likeness (QED) is 0.809. The molecule has 3 N–H and O–H groups in total. The maximum absolute atomic E-state index is 11.9. The van der Waals surface area contributed by atoms with Crippen LogP contribution >= 0.6 is 0 Å². The molecule has 1 aromatic rings. The first-order chi connectivity index (χ1) is 7.53. The van der Waals surface area contributed by atoms with Gasteiger partial charge in [-0.3, -0.25) is 4.79 Å². The van der Waals surface area contributed by atoms with E-state index in [0.717, 1.165) is 25.1 Å². The third kappa shape index (κ3) is 1.82. The van der Waals surface area contributed by atoms with Gasteiger partial charge in [-0.25, -0.2) is 4.68 Å². The lowest BCUT2D eigenvalue weighted by Gasteiger charge is -2.36. The maximum atomic E-state index is 11.9. The van der Waals surface area contributed by atoms with Crippen molar-refractivity contribution in [2.24, 2.45) is 5.73 Å². The van der Waals surface area contributed by atoms with Crippen LogP contribution in [0.4, 0.5) is 5.82 Å². The second kappa shape index (κ2) is 3.90. The summed E-state index contributed by atoms with van der Waals surface area (Å²) in [5, 5.41) is 7.01. The van der Waals surface area contributed by atoms with Crippen LogP contribution in [0.3, 0.4) is 0 Å². The smallest absolute Gasteiger partial charge is 0.245 e. The summed E-state index contributed by atoms with van der Waals surface area (Å²) >= 11 is 0. The average Bonchev–Trinajstić information content (AvgIpc) is 2.62. The molecular formula is C11H18N4O. The molecule has 0 saturated heterocycles. The standard InChI is InChI=1S/C11H18N4O/c1-8(2)15-9(4-7-13-15)14-10(16)11(12)5-3-6-11/h4,7-8H,3,5-6,12H2,1-2H3,(H,14,16). The zero-order valence-electron chi connectivity index (χ0n) is 9.73. The highest BCUT2D eigenvalue weighted by Crippen LogP contribution is 2.30. The summed E-state index contributed by atoms with van der Waals surface area (Å²) < 4.78 is 1.78. The number of nitrogens with zero attached hydrogens (tertiary/aromatic N) is 2. The van der Waals surface area contributed by atoms with E-state index in [-0.39, 0.29) is 11.9 Å². The van der Waals surface area contributed by atoms with Gasteiger partial charge in [0.05, 0.1) is 11.7 Å². The van der Waals surface area contributed by atoms with Gasteiger partial charge in [-0.2, -0.15) is 5.10 Å². The van der Waals surface area contributed by atoms with Gasteiger partial charge < -0.3 is 11.1 Å². The van der Waals surface area contributed by atoms with Crippen LogP contribution in [0.15, 0.2) is 12.3 Å². The molecule has 1 aliphatic rings. The van der Waals surface area contributed by atoms with E-state index in [1.165, 1.54) is 0 Å². The Hall–Kier alpha value is -1.36. The number of nitrogens with one attached hydrogen (secondary N) is 1. The van der Waals surface area contributed by atoms with Crippen molar-refractivity contribution < 1.29 is 4.79 Å². The first-order valence-electron chi connectivity index (χ1n) is 5.67. The third-order valence-electron chi connectivity index (χ3n) is 3.10. The Kier molecular flexibility index (Phi) is 2.71. The molecule has 5 nitrogen and oxygen atoms in total. The monoisotopic (exact) mass is 222 g/mol. The summed E-state index contributed by atoms with van der Waals surface area (Å²) in [4.78, 5) is 11.9. The van der Waals surface area contributed by atoms with Crippen molar-refractivity contribution in [1.82, 2.24) is 9.78 Å². The van der Waals surface area contributed by atoms with Crippen LogP contribution in [-0.4, -0.2) is 21.2 Å². The van der Waals surface area contributed by atoms with Gasteiger partial charge in [-0.1, -0.05) is 0 Å². The molecule has 88 valence electrons. The van der Waals surface area contributed by atoms with Gasteiger partial charge in [-0.05, 0) is 33.1 Å². The number of amides is 1. The van der Waals surface area contributed by atoms with Crippen LogP contribution in [-0.2, 0) is 4.79 Å². The van der Waals surface area contributed by atoms with Gasteiger partial charge in [0.15, 0.2) is 0 Å². The van der Waals surface area contributed by atoms with E-state index in [9.17, 15) is 4.79 Å². The highest BCUT2D eigenvalue weighted by Gasteiger charge is 2.40. The fourth-order valence-electron chi connectivity index (χ4n) is 1.85.